The van der Waals surface area contributed by atoms with E-state index in [2.05, 4.69) is 10.6 Å². The molecule has 2 amide bonds. The molecule has 3 N–H and O–H groups in total. The van der Waals surface area contributed by atoms with Crippen molar-refractivity contribution in [3.05, 3.63) is 11.8 Å². The standard InChI is InChI=1S/C13H22N2O3/c1-10(11-5-2-3-6-11)9-15-13(18)14-8-4-7-12(16)17/h9,11H,2-8H2,1H3,(H,16,17)(H2,14,15,18)/b10-9+. The first-order valence-electron chi connectivity index (χ1n) is 6.52. The first-order valence-corrected chi connectivity index (χ1v) is 6.52. The van der Waals surface area contributed by atoms with Crippen LogP contribution < -0.4 is 10.6 Å². The van der Waals surface area contributed by atoms with Crippen LogP contribution in [0.5, 0.6) is 0 Å². The highest BCUT2D eigenvalue weighted by molar-refractivity contribution is 5.75. The molecule has 0 spiro atoms. The zero-order valence-electron chi connectivity index (χ0n) is 10.9. The van der Waals surface area contributed by atoms with Gasteiger partial charge in [0, 0.05) is 19.2 Å². The van der Waals surface area contributed by atoms with Crippen molar-refractivity contribution in [2.75, 3.05) is 6.54 Å². The van der Waals surface area contributed by atoms with Gasteiger partial charge in [0.25, 0.3) is 0 Å². The summed E-state index contributed by atoms with van der Waals surface area (Å²) in [7, 11) is 0. The van der Waals surface area contributed by atoms with Crippen molar-refractivity contribution < 1.29 is 14.7 Å². The van der Waals surface area contributed by atoms with E-state index in [0.717, 1.165) is 0 Å². The summed E-state index contributed by atoms with van der Waals surface area (Å²) < 4.78 is 0. The maximum Gasteiger partial charge on any atom is 0.318 e. The summed E-state index contributed by atoms with van der Waals surface area (Å²) in [5.74, 6) is -0.230. The monoisotopic (exact) mass is 254 g/mol. The van der Waals surface area contributed by atoms with Gasteiger partial charge < -0.3 is 15.7 Å². The Hall–Kier alpha value is -1.52. The summed E-state index contributed by atoms with van der Waals surface area (Å²) in [5.41, 5.74) is 1.22. The fourth-order valence-electron chi connectivity index (χ4n) is 2.17. The van der Waals surface area contributed by atoms with Crippen LogP contribution in [-0.4, -0.2) is 23.7 Å². The fourth-order valence-corrected chi connectivity index (χ4v) is 2.17. The Morgan fingerprint density at radius 3 is 2.61 bits per heavy atom. The van der Waals surface area contributed by atoms with Crippen molar-refractivity contribution in [2.24, 2.45) is 5.92 Å². The number of aliphatic carboxylic acids is 1. The van der Waals surface area contributed by atoms with Crippen LogP contribution >= 0.6 is 0 Å². The first-order chi connectivity index (χ1) is 8.59. The Bertz CT molecular complexity index is 320. The molecular weight excluding hydrogens is 232 g/mol. The Labute approximate surface area is 108 Å². The van der Waals surface area contributed by atoms with Crippen molar-refractivity contribution >= 4 is 12.0 Å². The molecule has 0 atom stereocenters. The molecule has 0 aliphatic heterocycles. The minimum absolute atomic E-state index is 0.0806. The molecule has 0 aromatic carbocycles. The minimum Gasteiger partial charge on any atom is -0.481 e. The maximum absolute atomic E-state index is 11.4. The zero-order chi connectivity index (χ0) is 13.4. The van der Waals surface area contributed by atoms with Crippen molar-refractivity contribution in [3.8, 4) is 0 Å². The fraction of sp³-hybridized carbons (Fsp3) is 0.692. The molecule has 5 nitrogen and oxygen atoms in total. The number of carboxylic acid groups (broad SMARTS) is 1. The molecule has 0 bridgehead atoms. The van der Waals surface area contributed by atoms with Crippen molar-refractivity contribution in [3.63, 3.8) is 0 Å². The summed E-state index contributed by atoms with van der Waals surface area (Å²) in [6.07, 6.45) is 7.27. The predicted molar refractivity (Wildman–Crippen MR) is 69.1 cm³/mol. The molecule has 0 aromatic rings. The number of hydrogen-bond acceptors (Lipinski definition) is 2. The highest BCUT2D eigenvalue weighted by atomic mass is 16.4. The highest BCUT2D eigenvalue weighted by Gasteiger charge is 2.16. The van der Waals surface area contributed by atoms with Gasteiger partial charge in [0.15, 0.2) is 0 Å². The van der Waals surface area contributed by atoms with Gasteiger partial charge in [-0.05, 0) is 32.1 Å². The summed E-state index contributed by atoms with van der Waals surface area (Å²) in [4.78, 5) is 21.7. The van der Waals surface area contributed by atoms with E-state index in [4.69, 9.17) is 5.11 Å². The number of carbonyl (C=O) groups excluding carboxylic acids is 1. The minimum atomic E-state index is -0.839. The second kappa shape index (κ2) is 7.74. The van der Waals surface area contributed by atoms with Crippen molar-refractivity contribution in [2.45, 2.75) is 45.4 Å². The lowest BCUT2D eigenvalue weighted by Gasteiger charge is -2.10. The molecular formula is C13H22N2O3. The third-order valence-electron chi connectivity index (χ3n) is 3.28. The average Bonchev–Trinajstić information content (AvgIpc) is 2.85. The molecule has 1 fully saturated rings. The molecule has 1 aliphatic rings. The zero-order valence-corrected chi connectivity index (χ0v) is 10.9. The van der Waals surface area contributed by atoms with E-state index in [1.807, 2.05) is 6.92 Å². The summed E-state index contributed by atoms with van der Waals surface area (Å²) in [6, 6.07) is -0.266. The van der Waals surface area contributed by atoms with E-state index in [1.54, 1.807) is 6.20 Å². The number of urea groups is 1. The number of carbonyl (C=O) groups is 2. The van der Waals surface area contributed by atoms with E-state index < -0.39 is 5.97 Å². The van der Waals surface area contributed by atoms with Crippen LogP contribution in [0, 0.1) is 5.92 Å². The predicted octanol–water partition coefficient (Wildman–Crippen LogP) is 2.24. The van der Waals surface area contributed by atoms with Gasteiger partial charge in [0.05, 0.1) is 0 Å². The third kappa shape index (κ3) is 5.70. The van der Waals surface area contributed by atoms with Gasteiger partial charge in [-0.2, -0.15) is 0 Å². The van der Waals surface area contributed by atoms with Gasteiger partial charge in [-0.1, -0.05) is 18.4 Å². The topological polar surface area (TPSA) is 78.4 Å². The molecule has 5 heteroatoms. The molecule has 18 heavy (non-hydrogen) atoms. The van der Waals surface area contributed by atoms with Crippen molar-refractivity contribution in [1.29, 1.82) is 0 Å². The van der Waals surface area contributed by atoms with Crippen LogP contribution in [0.2, 0.25) is 0 Å². The lowest BCUT2D eigenvalue weighted by Crippen LogP contribution is -2.33. The molecule has 0 heterocycles. The molecule has 1 aliphatic carbocycles. The third-order valence-corrected chi connectivity index (χ3v) is 3.28. The number of allylic oxidation sites excluding steroid dienone is 1. The van der Waals surface area contributed by atoms with Gasteiger partial charge in [-0.3, -0.25) is 4.79 Å². The van der Waals surface area contributed by atoms with E-state index >= 15 is 0 Å². The van der Waals surface area contributed by atoms with Crippen LogP contribution in [0.25, 0.3) is 0 Å². The Morgan fingerprint density at radius 2 is 2.00 bits per heavy atom. The first kappa shape index (κ1) is 14.5. The van der Waals surface area contributed by atoms with Gasteiger partial charge in [-0.25, -0.2) is 4.79 Å². The van der Waals surface area contributed by atoms with Gasteiger partial charge in [0.2, 0.25) is 0 Å². The van der Waals surface area contributed by atoms with Gasteiger partial charge in [0.1, 0.15) is 0 Å². The molecule has 0 unspecified atom stereocenters. The van der Waals surface area contributed by atoms with Crippen LogP contribution in [0.15, 0.2) is 11.8 Å². The quantitative estimate of drug-likeness (QED) is 0.636. The van der Waals surface area contributed by atoms with E-state index in [9.17, 15) is 9.59 Å². The number of nitrogens with one attached hydrogen (secondary N) is 2. The maximum atomic E-state index is 11.4. The average molecular weight is 254 g/mol. The number of carboxylic acids is 1. The Morgan fingerprint density at radius 1 is 1.33 bits per heavy atom. The molecule has 0 radical (unpaired) electrons. The second-order valence-corrected chi connectivity index (χ2v) is 4.77. The van der Waals surface area contributed by atoms with Gasteiger partial charge >= 0.3 is 12.0 Å². The largest absolute Gasteiger partial charge is 0.481 e. The molecule has 0 aromatic heterocycles. The molecule has 1 saturated carbocycles. The summed E-state index contributed by atoms with van der Waals surface area (Å²) in [5, 5.41) is 13.8. The molecule has 102 valence electrons. The van der Waals surface area contributed by atoms with Gasteiger partial charge in [-0.15, -0.1) is 0 Å². The summed E-state index contributed by atoms with van der Waals surface area (Å²) >= 11 is 0. The number of hydrogen-bond donors (Lipinski definition) is 3. The number of rotatable bonds is 6. The van der Waals surface area contributed by atoms with Crippen LogP contribution in [0.1, 0.15) is 45.4 Å². The van der Waals surface area contributed by atoms with E-state index in [0.29, 0.717) is 18.9 Å². The van der Waals surface area contributed by atoms with Crippen LogP contribution in [0.4, 0.5) is 4.79 Å². The molecule has 0 saturated heterocycles. The second-order valence-electron chi connectivity index (χ2n) is 4.77. The van der Waals surface area contributed by atoms with Crippen molar-refractivity contribution in [1.82, 2.24) is 10.6 Å². The van der Waals surface area contributed by atoms with Crippen LogP contribution in [0.3, 0.4) is 0 Å². The number of amides is 2. The Balaban J connectivity index is 2.15. The SMILES string of the molecule is C/C(=C\NC(=O)NCCCC(=O)O)C1CCCC1. The van der Waals surface area contributed by atoms with E-state index in [1.165, 1.54) is 31.3 Å². The highest BCUT2D eigenvalue weighted by Crippen LogP contribution is 2.30. The smallest absolute Gasteiger partial charge is 0.318 e. The lowest BCUT2D eigenvalue weighted by atomic mass is 10.0. The molecule has 1 rings (SSSR count). The lowest BCUT2D eigenvalue weighted by molar-refractivity contribution is -0.137. The summed E-state index contributed by atoms with van der Waals surface area (Å²) in [6.45, 7) is 2.43. The normalized spacial score (nSPS) is 16.6. The van der Waals surface area contributed by atoms with Crippen LogP contribution in [-0.2, 0) is 4.79 Å². The van der Waals surface area contributed by atoms with E-state index in [-0.39, 0.29) is 12.5 Å². The Kier molecular flexibility index (Phi) is 6.25.